The molecule has 0 fully saturated rings. The molecule has 10 heteroatoms. The van der Waals surface area contributed by atoms with Gasteiger partial charge in [0.15, 0.2) is 0 Å². The van der Waals surface area contributed by atoms with E-state index in [1.807, 2.05) is 47.4 Å². The summed E-state index contributed by atoms with van der Waals surface area (Å²) in [6.45, 7) is 12.7. The van der Waals surface area contributed by atoms with E-state index in [4.69, 9.17) is 14.8 Å². The van der Waals surface area contributed by atoms with Gasteiger partial charge in [0, 0.05) is 67.1 Å². The van der Waals surface area contributed by atoms with Crippen LogP contribution in [-0.2, 0) is 11.5 Å². The summed E-state index contributed by atoms with van der Waals surface area (Å²) in [4.78, 5) is 17.0. The normalized spacial score (nSPS) is 12.6. The molecule has 0 unspecified atom stereocenters. The molecule has 0 N–H and O–H groups in total. The number of hydrogen-bond acceptors (Lipinski definition) is 6. The van der Waals surface area contributed by atoms with Crippen molar-refractivity contribution in [2.24, 2.45) is 4.99 Å². The molecule has 0 amide bonds. The molecule has 43 heavy (non-hydrogen) atoms. The SMILES string of the molecule is CC(C)n1cc(-c2cc(-c3cc4ccccc4s3)c3c(cnn3COCC[Si](C)(C)C)c2)c2nc(N=CN(C)C)ncc21. The van der Waals surface area contributed by atoms with E-state index in [0.29, 0.717) is 12.7 Å². The van der Waals surface area contributed by atoms with Crippen molar-refractivity contribution in [3.63, 3.8) is 0 Å². The second kappa shape index (κ2) is 11.7. The Hall–Kier alpha value is -3.86. The van der Waals surface area contributed by atoms with Crippen LogP contribution < -0.4 is 0 Å². The van der Waals surface area contributed by atoms with Crippen molar-refractivity contribution < 1.29 is 4.74 Å². The molecular weight excluding hydrogens is 571 g/mol. The van der Waals surface area contributed by atoms with Gasteiger partial charge in [-0.25, -0.2) is 19.6 Å². The van der Waals surface area contributed by atoms with Crippen LogP contribution in [0.25, 0.3) is 53.6 Å². The Labute approximate surface area is 257 Å². The van der Waals surface area contributed by atoms with Crippen molar-refractivity contribution in [3.05, 3.63) is 61.1 Å². The minimum Gasteiger partial charge on any atom is -0.369 e. The number of hydrogen-bond donors (Lipinski definition) is 0. The van der Waals surface area contributed by atoms with Gasteiger partial charge in [0.05, 0.1) is 29.8 Å². The summed E-state index contributed by atoms with van der Waals surface area (Å²) in [6.07, 6.45) is 7.77. The highest BCUT2D eigenvalue weighted by Crippen LogP contribution is 2.41. The quantitative estimate of drug-likeness (QED) is 0.0674. The molecule has 0 saturated heterocycles. The highest BCUT2D eigenvalue weighted by Gasteiger charge is 2.20. The zero-order valence-electron chi connectivity index (χ0n) is 26.0. The maximum absolute atomic E-state index is 6.17. The maximum Gasteiger partial charge on any atom is 0.251 e. The lowest BCUT2D eigenvalue weighted by atomic mass is 10.0. The van der Waals surface area contributed by atoms with E-state index < -0.39 is 8.07 Å². The van der Waals surface area contributed by atoms with E-state index in [0.717, 1.165) is 51.3 Å². The summed E-state index contributed by atoms with van der Waals surface area (Å²) in [7, 11) is 2.69. The third-order valence-electron chi connectivity index (χ3n) is 7.46. The van der Waals surface area contributed by atoms with Crippen LogP contribution in [0, 0.1) is 0 Å². The van der Waals surface area contributed by atoms with Gasteiger partial charge in [0.2, 0.25) is 0 Å². The van der Waals surface area contributed by atoms with Crippen LogP contribution in [0.15, 0.2) is 66.0 Å². The lowest BCUT2D eigenvalue weighted by molar-refractivity contribution is 0.0817. The van der Waals surface area contributed by atoms with E-state index in [-0.39, 0.29) is 6.04 Å². The number of nitrogens with zero attached hydrogens (tertiary/aromatic N) is 7. The molecule has 0 saturated carbocycles. The molecule has 222 valence electrons. The van der Waals surface area contributed by atoms with E-state index >= 15 is 0 Å². The lowest BCUT2D eigenvalue weighted by Crippen LogP contribution is -2.22. The minimum absolute atomic E-state index is 0.248. The molecule has 0 aliphatic heterocycles. The van der Waals surface area contributed by atoms with Crippen molar-refractivity contribution in [2.45, 2.75) is 52.3 Å². The standard InChI is InChI=1S/C33H39N7OSSi/c1-22(2)39-19-27(31-28(39)18-34-33(37-31)35-20-38(3)4)24-14-25-17-36-40(21-41-12-13-43(5,6)7)32(25)26(15-24)30-16-23-10-8-9-11-29(23)42-30/h8-11,14-20,22H,12-13,21H2,1-7H3. The van der Waals surface area contributed by atoms with Crippen LogP contribution in [-0.4, -0.2) is 64.3 Å². The first-order chi connectivity index (χ1) is 20.6. The minimum atomic E-state index is -1.18. The molecule has 4 aromatic heterocycles. The largest absolute Gasteiger partial charge is 0.369 e. The number of thiophene rings is 1. The number of fused-ring (bicyclic) bond motifs is 3. The van der Waals surface area contributed by atoms with Gasteiger partial charge in [-0.1, -0.05) is 37.8 Å². The first kappa shape index (κ1) is 29.2. The van der Waals surface area contributed by atoms with E-state index in [9.17, 15) is 0 Å². The summed E-state index contributed by atoms with van der Waals surface area (Å²) in [5.74, 6) is 0.443. The smallest absolute Gasteiger partial charge is 0.251 e. The summed E-state index contributed by atoms with van der Waals surface area (Å²) < 4.78 is 11.7. The summed E-state index contributed by atoms with van der Waals surface area (Å²) in [5.41, 5.74) is 6.25. The predicted molar refractivity (Wildman–Crippen MR) is 183 cm³/mol. The zero-order valence-corrected chi connectivity index (χ0v) is 27.8. The fraction of sp³-hybridized carbons (Fsp3) is 0.333. The van der Waals surface area contributed by atoms with Crippen LogP contribution in [0.5, 0.6) is 0 Å². The second-order valence-corrected chi connectivity index (χ2v) is 19.5. The van der Waals surface area contributed by atoms with Crippen LogP contribution >= 0.6 is 11.3 Å². The average molecular weight is 610 g/mol. The first-order valence-electron chi connectivity index (χ1n) is 14.7. The van der Waals surface area contributed by atoms with Gasteiger partial charge >= 0.3 is 0 Å². The monoisotopic (exact) mass is 609 g/mol. The summed E-state index contributed by atoms with van der Waals surface area (Å²) in [5, 5.41) is 7.12. The molecule has 4 heterocycles. The Kier molecular flexibility index (Phi) is 7.93. The number of aromatic nitrogens is 5. The van der Waals surface area contributed by atoms with E-state index in [2.05, 4.69) is 96.7 Å². The molecule has 6 aromatic rings. The maximum atomic E-state index is 6.17. The number of ether oxygens (including phenoxy) is 1. The van der Waals surface area contributed by atoms with Crippen molar-refractivity contribution >= 4 is 63.7 Å². The fourth-order valence-corrected chi connectivity index (χ4v) is 7.05. The molecule has 8 nitrogen and oxygen atoms in total. The topological polar surface area (TPSA) is 73.4 Å². The lowest BCUT2D eigenvalue weighted by Gasteiger charge is -2.16. The number of benzene rings is 2. The van der Waals surface area contributed by atoms with Gasteiger partial charge in [-0.2, -0.15) is 5.10 Å². The highest BCUT2D eigenvalue weighted by molar-refractivity contribution is 7.22. The van der Waals surface area contributed by atoms with Gasteiger partial charge in [0.1, 0.15) is 12.2 Å². The molecule has 0 aliphatic rings. The van der Waals surface area contributed by atoms with Gasteiger partial charge in [-0.3, -0.25) is 0 Å². The van der Waals surface area contributed by atoms with Crippen LogP contribution in [0.2, 0.25) is 25.7 Å². The Morgan fingerprint density at radius 3 is 2.60 bits per heavy atom. The predicted octanol–water partition coefficient (Wildman–Crippen LogP) is 8.44. The van der Waals surface area contributed by atoms with Crippen molar-refractivity contribution in [3.8, 4) is 21.6 Å². The molecule has 0 aliphatic carbocycles. The van der Waals surface area contributed by atoms with Gasteiger partial charge < -0.3 is 14.2 Å². The Bertz CT molecular complexity index is 1910. The summed E-state index contributed by atoms with van der Waals surface area (Å²) >= 11 is 1.81. The second-order valence-electron chi connectivity index (χ2n) is 12.8. The highest BCUT2D eigenvalue weighted by atomic mass is 32.1. The molecule has 0 bridgehead atoms. The Morgan fingerprint density at radius 2 is 1.86 bits per heavy atom. The molecule has 0 radical (unpaired) electrons. The third kappa shape index (κ3) is 6.13. The molecule has 0 atom stereocenters. The number of rotatable bonds is 10. The Morgan fingerprint density at radius 1 is 1.05 bits per heavy atom. The van der Waals surface area contributed by atoms with E-state index in [1.54, 1.807) is 6.34 Å². The molecular formula is C33H39N7OSSi. The first-order valence-corrected chi connectivity index (χ1v) is 19.2. The fourth-order valence-electron chi connectivity index (χ4n) is 5.21. The van der Waals surface area contributed by atoms with Gasteiger partial charge in [-0.05, 0) is 55.1 Å². The average Bonchev–Trinajstić information content (AvgIpc) is 3.68. The summed E-state index contributed by atoms with van der Waals surface area (Å²) in [6, 6.07) is 16.7. The van der Waals surface area contributed by atoms with E-state index in [1.165, 1.54) is 15.0 Å². The Balaban J connectivity index is 1.52. The zero-order chi connectivity index (χ0) is 30.3. The molecule has 2 aromatic carbocycles. The molecule has 0 spiro atoms. The van der Waals surface area contributed by atoms with Gasteiger partial charge in [-0.15, -0.1) is 11.3 Å². The van der Waals surface area contributed by atoms with Gasteiger partial charge in [0.25, 0.3) is 5.95 Å². The van der Waals surface area contributed by atoms with Crippen LogP contribution in [0.1, 0.15) is 19.9 Å². The third-order valence-corrected chi connectivity index (χ3v) is 10.3. The van der Waals surface area contributed by atoms with Crippen LogP contribution in [0.4, 0.5) is 5.95 Å². The molecule has 6 rings (SSSR count). The van der Waals surface area contributed by atoms with Crippen LogP contribution in [0.3, 0.4) is 0 Å². The van der Waals surface area contributed by atoms with Crippen molar-refractivity contribution in [1.82, 2.24) is 29.2 Å². The van der Waals surface area contributed by atoms with Crippen molar-refractivity contribution in [1.29, 1.82) is 0 Å². The number of aliphatic imine (C=N–C) groups is 1. The van der Waals surface area contributed by atoms with Crippen molar-refractivity contribution in [2.75, 3.05) is 20.7 Å².